The summed E-state index contributed by atoms with van der Waals surface area (Å²) in [6.45, 7) is 2.79. The van der Waals surface area contributed by atoms with Crippen molar-refractivity contribution in [3.05, 3.63) is 28.0 Å². The molecule has 0 saturated carbocycles. The number of amides is 2. The zero-order valence-electron chi connectivity index (χ0n) is 10.3. The third-order valence-electron chi connectivity index (χ3n) is 2.99. The van der Waals surface area contributed by atoms with Gasteiger partial charge in [0.2, 0.25) is 5.91 Å². The van der Waals surface area contributed by atoms with E-state index in [9.17, 15) is 9.59 Å². The predicted octanol–water partition coefficient (Wildman–Crippen LogP) is 1.74. The second-order valence-corrected chi connectivity index (χ2v) is 4.99. The van der Waals surface area contributed by atoms with Gasteiger partial charge in [-0.05, 0) is 18.6 Å². The molecule has 1 aliphatic rings. The van der Waals surface area contributed by atoms with Crippen LogP contribution in [0.25, 0.3) is 0 Å². The van der Waals surface area contributed by atoms with E-state index in [0.717, 1.165) is 0 Å². The average molecular weight is 302 g/mol. The van der Waals surface area contributed by atoms with Crippen molar-refractivity contribution < 1.29 is 9.59 Å². The van der Waals surface area contributed by atoms with E-state index in [1.807, 2.05) is 6.92 Å². The topological polar surface area (TPSA) is 62.3 Å². The number of carbonyl (C=O) groups is 2. The van der Waals surface area contributed by atoms with Gasteiger partial charge in [-0.3, -0.25) is 9.59 Å². The summed E-state index contributed by atoms with van der Waals surface area (Å²) in [6.07, 6.45) is 0.560. The standard InChI is InChI=1S/C12H13Cl2N3O2/c1-2-8-11(18)15-3-4-17(8)12(19)7-5-9(13)16-10(14)6-7/h5-6,8H,2-4H2,1H3,(H,15,18). The van der Waals surface area contributed by atoms with Crippen molar-refractivity contribution in [2.45, 2.75) is 19.4 Å². The van der Waals surface area contributed by atoms with Crippen LogP contribution in [-0.2, 0) is 4.79 Å². The van der Waals surface area contributed by atoms with Gasteiger partial charge < -0.3 is 10.2 Å². The summed E-state index contributed by atoms with van der Waals surface area (Å²) in [6, 6.07) is 2.45. The monoisotopic (exact) mass is 301 g/mol. The van der Waals surface area contributed by atoms with E-state index in [-0.39, 0.29) is 22.1 Å². The van der Waals surface area contributed by atoms with Crippen molar-refractivity contribution in [2.75, 3.05) is 13.1 Å². The maximum atomic E-state index is 12.4. The number of rotatable bonds is 2. The Morgan fingerprint density at radius 1 is 1.47 bits per heavy atom. The molecule has 5 nitrogen and oxygen atoms in total. The molecule has 1 saturated heterocycles. The first-order chi connectivity index (χ1) is 9.02. The molecule has 2 rings (SSSR count). The van der Waals surface area contributed by atoms with E-state index >= 15 is 0 Å². The first kappa shape index (κ1) is 14.1. The van der Waals surface area contributed by atoms with Gasteiger partial charge in [-0.2, -0.15) is 0 Å². The number of carbonyl (C=O) groups excluding carboxylic acids is 2. The summed E-state index contributed by atoms with van der Waals surface area (Å²) in [5, 5.41) is 3.06. The van der Waals surface area contributed by atoms with Gasteiger partial charge in [-0.25, -0.2) is 4.98 Å². The quantitative estimate of drug-likeness (QED) is 0.846. The van der Waals surface area contributed by atoms with Gasteiger partial charge in [-0.1, -0.05) is 30.1 Å². The number of nitrogens with one attached hydrogen (secondary N) is 1. The minimum Gasteiger partial charge on any atom is -0.353 e. The van der Waals surface area contributed by atoms with Crippen molar-refractivity contribution >= 4 is 35.0 Å². The predicted molar refractivity (Wildman–Crippen MR) is 72.4 cm³/mol. The molecule has 2 heterocycles. The molecule has 1 N–H and O–H groups in total. The number of hydrogen-bond acceptors (Lipinski definition) is 3. The van der Waals surface area contributed by atoms with Crippen molar-refractivity contribution in [2.24, 2.45) is 0 Å². The summed E-state index contributed by atoms with van der Waals surface area (Å²) in [4.78, 5) is 29.5. The molecule has 1 aromatic rings. The van der Waals surface area contributed by atoms with Crippen LogP contribution in [0.4, 0.5) is 0 Å². The molecule has 2 amide bonds. The number of piperazine rings is 1. The largest absolute Gasteiger partial charge is 0.353 e. The van der Waals surface area contributed by atoms with Crippen LogP contribution >= 0.6 is 23.2 Å². The first-order valence-electron chi connectivity index (χ1n) is 5.94. The van der Waals surface area contributed by atoms with Crippen LogP contribution in [0.5, 0.6) is 0 Å². The van der Waals surface area contributed by atoms with E-state index in [1.54, 1.807) is 4.90 Å². The number of aromatic nitrogens is 1. The molecule has 7 heteroatoms. The van der Waals surface area contributed by atoms with Crippen LogP contribution < -0.4 is 5.32 Å². The Morgan fingerprint density at radius 3 is 2.68 bits per heavy atom. The first-order valence-corrected chi connectivity index (χ1v) is 6.70. The SMILES string of the molecule is CCC1C(=O)NCCN1C(=O)c1cc(Cl)nc(Cl)c1. The van der Waals surface area contributed by atoms with Gasteiger partial charge in [0.1, 0.15) is 16.3 Å². The van der Waals surface area contributed by atoms with E-state index in [0.29, 0.717) is 25.1 Å². The molecule has 1 unspecified atom stereocenters. The zero-order valence-corrected chi connectivity index (χ0v) is 11.8. The van der Waals surface area contributed by atoms with E-state index in [2.05, 4.69) is 10.3 Å². The molecule has 0 bridgehead atoms. The second-order valence-electron chi connectivity index (χ2n) is 4.21. The van der Waals surface area contributed by atoms with Crippen molar-refractivity contribution in [1.29, 1.82) is 0 Å². The van der Waals surface area contributed by atoms with E-state index in [4.69, 9.17) is 23.2 Å². The lowest BCUT2D eigenvalue weighted by molar-refractivity contribution is -0.127. The maximum absolute atomic E-state index is 12.4. The Hall–Kier alpha value is -1.33. The van der Waals surface area contributed by atoms with E-state index < -0.39 is 6.04 Å². The molecule has 1 fully saturated rings. The summed E-state index contributed by atoms with van der Waals surface area (Å²) in [5.41, 5.74) is 0.346. The minimum absolute atomic E-state index is 0.131. The van der Waals surface area contributed by atoms with Gasteiger partial charge in [-0.15, -0.1) is 0 Å². The summed E-state index contributed by atoms with van der Waals surface area (Å²) in [7, 11) is 0. The fraction of sp³-hybridized carbons (Fsp3) is 0.417. The Labute approximate surface area is 120 Å². The lowest BCUT2D eigenvalue weighted by Gasteiger charge is -2.34. The highest BCUT2D eigenvalue weighted by molar-refractivity contribution is 6.33. The van der Waals surface area contributed by atoms with Crippen molar-refractivity contribution in [1.82, 2.24) is 15.2 Å². The summed E-state index contributed by atoms with van der Waals surface area (Å²) < 4.78 is 0. The van der Waals surface area contributed by atoms with Crippen molar-refractivity contribution in [3.8, 4) is 0 Å². The normalized spacial score (nSPS) is 19.2. The highest BCUT2D eigenvalue weighted by atomic mass is 35.5. The van der Waals surface area contributed by atoms with E-state index in [1.165, 1.54) is 12.1 Å². The number of nitrogens with zero attached hydrogens (tertiary/aromatic N) is 2. The third kappa shape index (κ3) is 2.98. The summed E-state index contributed by atoms with van der Waals surface area (Å²) in [5.74, 6) is -0.388. The van der Waals surface area contributed by atoms with Crippen LogP contribution in [0.3, 0.4) is 0 Å². The molecule has 19 heavy (non-hydrogen) atoms. The molecule has 1 aromatic heterocycles. The third-order valence-corrected chi connectivity index (χ3v) is 3.38. The molecule has 0 aromatic carbocycles. The Kier molecular flexibility index (Phi) is 4.27. The van der Waals surface area contributed by atoms with Crippen LogP contribution in [0.2, 0.25) is 10.3 Å². The Morgan fingerprint density at radius 2 is 2.11 bits per heavy atom. The second kappa shape index (κ2) is 5.75. The molecule has 1 aliphatic heterocycles. The fourth-order valence-corrected chi connectivity index (χ4v) is 2.58. The van der Waals surface area contributed by atoms with Gasteiger partial charge in [0.05, 0.1) is 0 Å². The fourth-order valence-electron chi connectivity index (χ4n) is 2.12. The maximum Gasteiger partial charge on any atom is 0.254 e. The zero-order chi connectivity index (χ0) is 14.0. The van der Waals surface area contributed by atoms with Crippen LogP contribution in [0, 0.1) is 0 Å². The van der Waals surface area contributed by atoms with Gasteiger partial charge >= 0.3 is 0 Å². The minimum atomic E-state index is -0.452. The molecule has 1 atom stereocenters. The lowest BCUT2D eigenvalue weighted by Crippen LogP contribution is -2.56. The average Bonchev–Trinajstić information content (AvgIpc) is 2.36. The lowest BCUT2D eigenvalue weighted by atomic mass is 10.1. The molecular weight excluding hydrogens is 289 g/mol. The van der Waals surface area contributed by atoms with Gasteiger partial charge in [0.15, 0.2) is 0 Å². The highest BCUT2D eigenvalue weighted by Gasteiger charge is 2.32. The number of pyridine rings is 1. The Bertz CT molecular complexity index is 501. The van der Waals surface area contributed by atoms with Crippen LogP contribution in [0.1, 0.15) is 23.7 Å². The molecular formula is C12H13Cl2N3O2. The smallest absolute Gasteiger partial charge is 0.254 e. The van der Waals surface area contributed by atoms with Gasteiger partial charge in [0, 0.05) is 18.7 Å². The summed E-state index contributed by atoms with van der Waals surface area (Å²) >= 11 is 11.6. The van der Waals surface area contributed by atoms with Crippen molar-refractivity contribution in [3.63, 3.8) is 0 Å². The number of hydrogen-bond donors (Lipinski definition) is 1. The molecule has 0 aliphatic carbocycles. The van der Waals surface area contributed by atoms with Gasteiger partial charge in [0.25, 0.3) is 5.91 Å². The highest BCUT2D eigenvalue weighted by Crippen LogP contribution is 2.19. The molecule has 0 spiro atoms. The Balaban J connectivity index is 2.29. The molecule has 102 valence electrons. The molecule has 0 radical (unpaired) electrons. The van der Waals surface area contributed by atoms with Crippen LogP contribution in [-0.4, -0.2) is 40.8 Å². The number of halogens is 2. The van der Waals surface area contributed by atoms with Crippen LogP contribution in [0.15, 0.2) is 12.1 Å².